The van der Waals surface area contributed by atoms with E-state index in [0.29, 0.717) is 0 Å². The van der Waals surface area contributed by atoms with E-state index in [-0.39, 0.29) is 5.82 Å². The van der Waals surface area contributed by atoms with Crippen LogP contribution in [0.3, 0.4) is 0 Å². The molecule has 1 rings (SSSR count). The minimum atomic E-state index is -0.181. The standard InChI is InChI=1S/C9H9F.2C2H6/c1-2-4-8-5-3-6-9(10)7-8;2*1-2/h2-3,5-7H,1,4H2;2*1-2H3. The lowest BCUT2D eigenvalue weighted by atomic mass is 10.1. The first-order valence-corrected chi connectivity index (χ1v) is 5.18. The Morgan fingerprint density at radius 3 is 2.21 bits per heavy atom. The average Bonchev–Trinajstić information content (AvgIpc) is 2.24. The minimum Gasteiger partial charge on any atom is -0.207 e. The van der Waals surface area contributed by atoms with Crippen molar-refractivity contribution in [2.75, 3.05) is 0 Å². The van der Waals surface area contributed by atoms with Crippen molar-refractivity contribution in [3.05, 3.63) is 48.3 Å². The molecule has 80 valence electrons. The van der Waals surface area contributed by atoms with E-state index in [1.165, 1.54) is 12.1 Å². The molecule has 0 aliphatic carbocycles. The third kappa shape index (κ3) is 7.53. The lowest BCUT2D eigenvalue weighted by Crippen LogP contribution is -1.80. The first-order chi connectivity index (χ1) is 6.83. The molecule has 0 atom stereocenters. The monoisotopic (exact) mass is 196 g/mol. The Labute approximate surface area is 87.5 Å². The first kappa shape index (κ1) is 15.4. The van der Waals surface area contributed by atoms with Gasteiger partial charge in [-0.15, -0.1) is 6.58 Å². The molecule has 1 aromatic carbocycles. The molecular weight excluding hydrogens is 175 g/mol. The normalized spacial score (nSPS) is 7.50. The molecule has 0 aliphatic rings. The average molecular weight is 196 g/mol. The Bertz CT molecular complexity index is 228. The van der Waals surface area contributed by atoms with Crippen LogP contribution in [0.4, 0.5) is 4.39 Å². The van der Waals surface area contributed by atoms with Gasteiger partial charge in [0.05, 0.1) is 0 Å². The van der Waals surface area contributed by atoms with E-state index < -0.39 is 0 Å². The van der Waals surface area contributed by atoms with Gasteiger partial charge in [0, 0.05) is 0 Å². The molecule has 0 aliphatic heterocycles. The molecule has 0 heterocycles. The second-order valence-electron chi connectivity index (χ2n) is 2.12. The van der Waals surface area contributed by atoms with Crippen LogP contribution in [0.2, 0.25) is 0 Å². The number of allylic oxidation sites excluding steroid dienone is 1. The van der Waals surface area contributed by atoms with Gasteiger partial charge in [-0.2, -0.15) is 0 Å². The zero-order valence-corrected chi connectivity index (χ0v) is 9.68. The van der Waals surface area contributed by atoms with E-state index in [1.54, 1.807) is 12.1 Å². The summed E-state index contributed by atoms with van der Waals surface area (Å²) in [4.78, 5) is 0. The Morgan fingerprint density at radius 1 is 1.21 bits per heavy atom. The summed E-state index contributed by atoms with van der Waals surface area (Å²) in [6.07, 6.45) is 2.49. The van der Waals surface area contributed by atoms with Crippen molar-refractivity contribution < 1.29 is 4.39 Å². The maximum Gasteiger partial charge on any atom is 0.123 e. The van der Waals surface area contributed by atoms with Crippen molar-refractivity contribution in [1.29, 1.82) is 0 Å². The first-order valence-electron chi connectivity index (χ1n) is 5.18. The van der Waals surface area contributed by atoms with E-state index in [0.717, 1.165) is 12.0 Å². The molecule has 0 aromatic heterocycles. The third-order valence-electron chi connectivity index (χ3n) is 1.27. The molecule has 0 nitrogen and oxygen atoms in total. The molecule has 0 fully saturated rings. The van der Waals surface area contributed by atoms with Crippen LogP contribution < -0.4 is 0 Å². The van der Waals surface area contributed by atoms with Crippen molar-refractivity contribution in [1.82, 2.24) is 0 Å². The van der Waals surface area contributed by atoms with Crippen LogP contribution in [-0.2, 0) is 6.42 Å². The smallest absolute Gasteiger partial charge is 0.123 e. The van der Waals surface area contributed by atoms with Crippen molar-refractivity contribution >= 4 is 0 Å². The lowest BCUT2D eigenvalue weighted by molar-refractivity contribution is 0.626. The molecule has 14 heavy (non-hydrogen) atoms. The lowest BCUT2D eigenvalue weighted by Gasteiger charge is -1.93. The second kappa shape index (κ2) is 11.9. The molecule has 0 unspecified atom stereocenters. The van der Waals surface area contributed by atoms with Crippen molar-refractivity contribution in [2.45, 2.75) is 34.1 Å². The largest absolute Gasteiger partial charge is 0.207 e. The van der Waals surface area contributed by atoms with E-state index in [2.05, 4.69) is 6.58 Å². The summed E-state index contributed by atoms with van der Waals surface area (Å²) in [5, 5.41) is 0. The van der Waals surface area contributed by atoms with Crippen LogP contribution in [0.25, 0.3) is 0 Å². The van der Waals surface area contributed by atoms with Gasteiger partial charge < -0.3 is 0 Å². The SMILES string of the molecule is C=CCc1cccc(F)c1.CC.CC. The van der Waals surface area contributed by atoms with Crippen LogP contribution in [0.5, 0.6) is 0 Å². The fraction of sp³-hybridized carbons (Fsp3) is 0.385. The molecule has 1 heteroatoms. The van der Waals surface area contributed by atoms with E-state index in [1.807, 2.05) is 33.8 Å². The van der Waals surface area contributed by atoms with Crippen molar-refractivity contribution in [2.24, 2.45) is 0 Å². The highest BCUT2D eigenvalue weighted by Crippen LogP contribution is 2.03. The van der Waals surface area contributed by atoms with E-state index in [4.69, 9.17) is 0 Å². The quantitative estimate of drug-likeness (QED) is 0.606. The number of hydrogen-bond acceptors (Lipinski definition) is 0. The molecule has 0 bridgehead atoms. The van der Waals surface area contributed by atoms with Crippen LogP contribution in [0.15, 0.2) is 36.9 Å². The zero-order chi connectivity index (χ0) is 11.4. The number of hydrogen-bond donors (Lipinski definition) is 0. The topological polar surface area (TPSA) is 0 Å². The summed E-state index contributed by atoms with van der Waals surface area (Å²) >= 11 is 0. The minimum absolute atomic E-state index is 0.181. The van der Waals surface area contributed by atoms with Gasteiger partial charge in [0.25, 0.3) is 0 Å². The summed E-state index contributed by atoms with van der Waals surface area (Å²) in [6.45, 7) is 11.6. The summed E-state index contributed by atoms with van der Waals surface area (Å²) < 4.78 is 12.5. The molecule has 0 saturated carbocycles. The highest BCUT2D eigenvalue weighted by Gasteiger charge is 1.90. The highest BCUT2D eigenvalue weighted by molar-refractivity contribution is 5.18. The summed E-state index contributed by atoms with van der Waals surface area (Å²) in [7, 11) is 0. The van der Waals surface area contributed by atoms with Crippen LogP contribution in [0, 0.1) is 5.82 Å². The van der Waals surface area contributed by atoms with Gasteiger partial charge in [-0.1, -0.05) is 45.9 Å². The molecule has 0 N–H and O–H groups in total. The molecule has 0 spiro atoms. The van der Waals surface area contributed by atoms with E-state index in [9.17, 15) is 4.39 Å². The maximum atomic E-state index is 12.5. The highest BCUT2D eigenvalue weighted by atomic mass is 19.1. The van der Waals surface area contributed by atoms with Gasteiger partial charge in [0.15, 0.2) is 0 Å². The Morgan fingerprint density at radius 2 is 1.79 bits per heavy atom. The van der Waals surface area contributed by atoms with Gasteiger partial charge in [-0.25, -0.2) is 4.39 Å². The predicted molar refractivity (Wildman–Crippen MR) is 63.0 cm³/mol. The summed E-state index contributed by atoms with van der Waals surface area (Å²) in [5.41, 5.74) is 0.968. The van der Waals surface area contributed by atoms with Crippen LogP contribution in [0.1, 0.15) is 33.3 Å². The Hall–Kier alpha value is -1.11. The Kier molecular flexibility index (Phi) is 13.1. The van der Waals surface area contributed by atoms with Gasteiger partial charge in [-0.05, 0) is 24.1 Å². The maximum absolute atomic E-state index is 12.5. The molecule has 1 aromatic rings. The van der Waals surface area contributed by atoms with Crippen molar-refractivity contribution in [3.63, 3.8) is 0 Å². The van der Waals surface area contributed by atoms with Crippen LogP contribution >= 0.6 is 0 Å². The number of benzene rings is 1. The van der Waals surface area contributed by atoms with Crippen LogP contribution in [-0.4, -0.2) is 0 Å². The molecular formula is C13H21F. The fourth-order valence-corrected chi connectivity index (χ4v) is 0.831. The molecule has 0 amide bonds. The van der Waals surface area contributed by atoms with E-state index >= 15 is 0 Å². The second-order valence-corrected chi connectivity index (χ2v) is 2.12. The van der Waals surface area contributed by atoms with Gasteiger partial charge in [-0.3, -0.25) is 0 Å². The Balaban J connectivity index is 0. The number of rotatable bonds is 2. The zero-order valence-electron chi connectivity index (χ0n) is 9.68. The third-order valence-corrected chi connectivity index (χ3v) is 1.27. The summed E-state index contributed by atoms with van der Waals surface area (Å²) in [5.74, 6) is -0.181. The fourth-order valence-electron chi connectivity index (χ4n) is 0.831. The summed E-state index contributed by atoms with van der Waals surface area (Å²) in [6, 6.07) is 6.53. The molecule has 0 saturated heterocycles. The predicted octanol–water partition coefficient (Wildman–Crippen LogP) is 4.61. The van der Waals surface area contributed by atoms with Gasteiger partial charge in [0.2, 0.25) is 0 Å². The number of halogens is 1. The van der Waals surface area contributed by atoms with Gasteiger partial charge >= 0.3 is 0 Å². The van der Waals surface area contributed by atoms with Crippen molar-refractivity contribution in [3.8, 4) is 0 Å². The van der Waals surface area contributed by atoms with Gasteiger partial charge in [0.1, 0.15) is 5.82 Å². The molecule has 0 radical (unpaired) electrons.